The molecule has 0 aliphatic heterocycles. The minimum Gasteiger partial charge on any atom is -0.335 e. The Kier molecular flexibility index (Phi) is 6.75. The SMILES string of the molecule is CC(C)(C)n1c2ccccc2c2cc(-n3c4ccccc4c4cc([Si](c5ccccc5)(c5ccccc5)c5ccccc5)ccc43)ccc21. The van der Waals surface area contributed by atoms with Gasteiger partial charge in [-0.05, 0) is 77.9 Å². The highest BCUT2D eigenvalue weighted by Crippen LogP contribution is 2.37. The standard InChI is InChI=1S/C46H38N2Si/c1-46(2,3)48-44-26-16-14-24-39(44)40-31-33(27-29-45(40)48)47-42-25-15-13-23-38(42)41-32-37(28-30-43(41)47)49(34-17-7-4-8-18-34,35-19-9-5-10-20-35)36-21-11-6-12-22-36/h4-32H,1-3H3. The van der Waals surface area contributed by atoms with Crippen LogP contribution in [0.1, 0.15) is 20.8 Å². The van der Waals surface area contributed by atoms with Gasteiger partial charge in [-0.25, -0.2) is 0 Å². The second-order valence-electron chi connectivity index (χ2n) is 14.2. The Hall–Kier alpha value is -5.64. The van der Waals surface area contributed by atoms with E-state index in [1.54, 1.807) is 0 Å². The molecule has 3 heteroatoms. The molecular weight excluding hydrogens is 609 g/mol. The van der Waals surface area contributed by atoms with Crippen LogP contribution >= 0.6 is 0 Å². The summed E-state index contributed by atoms with van der Waals surface area (Å²) in [5.41, 5.74) is 6.13. The molecule has 2 aromatic heterocycles. The minimum absolute atomic E-state index is 0.0429. The molecule has 0 atom stereocenters. The van der Waals surface area contributed by atoms with Gasteiger partial charge >= 0.3 is 0 Å². The summed E-state index contributed by atoms with van der Waals surface area (Å²) < 4.78 is 4.95. The smallest absolute Gasteiger partial charge is 0.179 e. The van der Waals surface area contributed by atoms with Crippen molar-refractivity contribution in [2.24, 2.45) is 0 Å². The molecule has 0 aliphatic rings. The van der Waals surface area contributed by atoms with Gasteiger partial charge in [0.2, 0.25) is 0 Å². The van der Waals surface area contributed by atoms with Crippen molar-refractivity contribution in [2.45, 2.75) is 26.3 Å². The van der Waals surface area contributed by atoms with E-state index < -0.39 is 8.07 Å². The lowest BCUT2D eigenvalue weighted by atomic mass is 10.1. The summed E-state index contributed by atoms with van der Waals surface area (Å²) in [6, 6.07) is 65.6. The van der Waals surface area contributed by atoms with E-state index in [-0.39, 0.29) is 5.54 Å². The highest BCUT2D eigenvalue weighted by Gasteiger charge is 2.41. The molecule has 0 fully saturated rings. The molecule has 9 aromatic rings. The lowest BCUT2D eigenvalue weighted by Crippen LogP contribution is -2.74. The maximum atomic E-state index is 2.51. The van der Waals surface area contributed by atoms with E-state index in [2.05, 4.69) is 206 Å². The first-order valence-electron chi connectivity index (χ1n) is 17.2. The topological polar surface area (TPSA) is 9.86 Å². The second-order valence-corrected chi connectivity index (χ2v) is 18.0. The van der Waals surface area contributed by atoms with Gasteiger partial charge < -0.3 is 9.13 Å². The third-order valence-corrected chi connectivity index (χ3v) is 15.1. The van der Waals surface area contributed by atoms with Gasteiger partial charge in [-0.1, -0.05) is 140 Å². The van der Waals surface area contributed by atoms with Crippen LogP contribution in [0.5, 0.6) is 0 Å². The summed E-state index contributed by atoms with van der Waals surface area (Å²) in [7, 11) is -2.67. The fourth-order valence-electron chi connectivity index (χ4n) is 8.37. The minimum atomic E-state index is -2.67. The Bertz CT molecular complexity index is 2530. The number of fused-ring (bicyclic) bond motifs is 6. The van der Waals surface area contributed by atoms with Gasteiger partial charge in [0, 0.05) is 43.8 Å². The zero-order valence-corrected chi connectivity index (χ0v) is 29.1. The lowest BCUT2D eigenvalue weighted by molar-refractivity contribution is 0.423. The summed E-state index contributed by atoms with van der Waals surface area (Å²) in [5, 5.41) is 10.7. The van der Waals surface area contributed by atoms with E-state index in [9.17, 15) is 0 Å². The molecule has 7 aromatic carbocycles. The Balaban J connectivity index is 1.34. The second kappa shape index (κ2) is 11.2. The van der Waals surface area contributed by atoms with Gasteiger partial charge in [-0.15, -0.1) is 0 Å². The zero-order valence-electron chi connectivity index (χ0n) is 28.1. The van der Waals surface area contributed by atoms with E-state index in [1.165, 1.54) is 70.0 Å². The van der Waals surface area contributed by atoms with Crippen molar-refractivity contribution in [3.63, 3.8) is 0 Å². The van der Waals surface area contributed by atoms with Crippen LogP contribution in [0.15, 0.2) is 176 Å². The number of hydrogen-bond donors (Lipinski definition) is 0. The van der Waals surface area contributed by atoms with Crippen LogP contribution in [0.2, 0.25) is 0 Å². The van der Waals surface area contributed by atoms with Crippen molar-refractivity contribution >= 4 is 72.4 Å². The van der Waals surface area contributed by atoms with Gasteiger partial charge in [-0.3, -0.25) is 0 Å². The molecule has 49 heavy (non-hydrogen) atoms. The Morgan fingerprint density at radius 1 is 0.367 bits per heavy atom. The first-order chi connectivity index (χ1) is 24.0. The van der Waals surface area contributed by atoms with Gasteiger partial charge in [-0.2, -0.15) is 0 Å². The van der Waals surface area contributed by atoms with Crippen molar-refractivity contribution in [1.29, 1.82) is 0 Å². The molecular formula is C46H38N2Si. The number of hydrogen-bond acceptors (Lipinski definition) is 0. The fourth-order valence-corrected chi connectivity index (χ4v) is 13.1. The molecule has 2 nitrogen and oxygen atoms in total. The van der Waals surface area contributed by atoms with Gasteiger partial charge in [0.25, 0.3) is 0 Å². The highest BCUT2D eigenvalue weighted by molar-refractivity contribution is 7.20. The van der Waals surface area contributed by atoms with Crippen molar-refractivity contribution in [3.05, 3.63) is 176 Å². The molecule has 0 bridgehead atoms. The van der Waals surface area contributed by atoms with Gasteiger partial charge in [0.1, 0.15) is 0 Å². The average Bonchev–Trinajstić information content (AvgIpc) is 3.66. The van der Waals surface area contributed by atoms with Crippen molar-refractivity contribution in [1.82, 2.24) is 9.13 Å². The third-order valence-electron chi connectivity index (χ3n) is 10.3. The molecule has 0 spiro atoms. The summed E-state index contributed by atoms with van der Waals surface area (Å²) in [4.78, 5) is 0. The maximum absolute atomic E-state index is 2.67. The van der Waals surface area contributed by atoms with Crippen LogP contribution in [-0.2, 0) is 5.54 Å². The quantitative estimate of drug-likeness (QED) is 0.131. The predicted octanol–water partition coefficient (Wildman–Crippen LogP) is 9.02. The Labute approximate surface area is 288 Å². The fraction of sp³-hybridized carbons (Fsp3) is 0.0870. The number of aromatic nitrogens is 2. The summed E-state index contributed by atoms with van der Waals surface area (Å²) in [6.45, 7) is 6.88. The largest absolute Gasteiger partial charge is 0.335 e. The molecule has 0 saturated heterocycles. The average molecular weight is 647 g/mol. The van der Waals surface area contributed by atoms with Crippen LogP contribution in [-0.4, -0.2) is 17.2 Å². The Morgan fingerprint density at radius 2 is 0.796 bits per heavy atom. The van der Waals surface area contributed by atoms with Gasteiger partial charge in [0.05, 0.1) is 11.0 Å². The molecule has 0 radical (unpaired) electrons. The molecule has 0 aliphatic carbocycles. The van der Waals surface area contributed by atoms with E-state index in [0.717, 1.165) is 0 Å². The maximum Gasteiger partial charge on any atom is 0.179 e. The van der Waals surface area contributed by atoms with Crippen LogP contribution in [0.25, 0.3) is 49.3 Å². The number of nitrogens with zero attached hydrogens (tertiary/aromatic N) is 2. The molecule has 9 rings (SSSR count). The third kappa shape index (κ3) is 4.46. The predicted molar refractivity (Wildman–Crippen MR) is 212 cm³/mol. The van der Waals surface area contributed by atoms with E-state index in [1.807, 2.05) is 0 Å². The summed E-state index contributed by atoms with van der Waals surface area (Å²) in [5.74, 6) is 0. The summed E-state index contributed by atoms with van der Waals surface area (Å²) in [6.07, 6.45) is 0. The number of benzene rings is 7. The van der Waals surface area contributed by atoms with Crippen LogP contribution in [0, 0.1) is 0 Å². The van der Waals surface area contributed by atoms with E-state index in [0.29, 0.717) is 0 Å². The van der Waals surface area contributed by atoms with E-state index in [4.69, 9.17) is 0 Å². The highest BCUT2D eigenvalue weighted by atomic mass is 28.3. The Morgan fingerprint density at radius 3 is 1.37 bits per heavy atom. The molecule has 2 heterocycles. The molecule has 0 amide bonds. The number of para-hydroxylation sites is 2. The first kappa shape index (κ1) is 29.5. The van der Waals surface area contributed by atoms with Crippen LogP contribution < -0.4 is 20.7 Å². The molecule has 0 N–H and O–H groups in total. The van der Waals surface area contributed by atoms with Crippen molar-refractivity contribution in [3.8, 4) is 5.69 Å². The van der Waals surface area contributed by atoms with E-state index >= 15 is 0 Å². The monoisotopic (exact) mass is 646 g/mol. The normalized spacial score (nSPS) is 12.4. The first-order valence-corrected chi connectivity index (χ1v) is 19.2. The van der Waals surface area contributed by atoms with Crippen molar-refractivity contribution < 1.29 is 0 Å². The number of rotatable bonds is 5. The molecule has 0 unspecified atom stereocenters. The molecule has 0 saturated carbocycles. The van der Waals surface area contributed by atoms with Crippen LogP contribution in [0.4, 0.5) is 0 Å². The van der Waals surface area contributed by atoms with Gasteiger partial charge in [0.15, 0.2) is 8.07 Å². The molecule has 236 valence electrons. The summed E-state index contributed by atoms with van der Waals surface area (Å²) >= 11 is 0. The van der Waals surface area contributed by atoms with Crippen molar-refractivity contribution in [2.75, 3.05) is 0 Å². The van der Waals surface area contributed by atoms with Crippen LogP contribution in [0.3, 0.4) is 0 Å². The lowest BCUT2D eigenvalue weighted by Gasteiger charge is -2.34. The zero-order chi connectivity index (χ0) is 33.2.